The van der Waals surface area contributed by atoms with Gasteiger partial charge in [-0.25, -0.2) is 0 Å². The molecule has 6 nitrogen and oxygen atoms in total. The number of nitrogens with zero attached hydrogens (tertiary/aromatic N) is 1. The maximum atomic E-state index is 12.4. The highest BCUT2D eigenvalue weighted by molar-refractivity contribution is 7.87. The number of carbonyl (C=O) groups is 1. The summed E-state index contributed by atoms with van der Waals surface area (Å²) in [6.07, 6.45) is 1.36. The number of anilines is 1. The number of nitrogens with one attached hydrogen (secondary N) is 1. The van der Waals surface area contributed by atoms with Gasteiger partial charge in [-0.05, 0) is 54.1 Å². The van der Waals surface area contributed by atoms with Crippen LogP contribution in [0.1, 0.15) is 5.56 Å². The van der Waals surface area contributed by atoms with Crippen LogP contribution in [0.5, 0.6) is 5.75 Å². The summed E-state index contributed by atoms with van der Waals surface area (Å²) >= 11 is 11.8. The fourth-order valence-electron chi connectivity index (χ4n) is 2.47. The number of carbonyl (C=O) groups excluding carboxylic acids is 1. The van der Waals surface area contributed by atoms with Gasteiger partial charge >= 0.3 is 10.1 Å². The second-order valence-corrected chi connectivity index (χ2v) is 8.53. The first-order chi connectivity index (χ1) is 14.8. The lowest BCUT2D eigenvalue weighted by atomic mass is 10.1. The normalized spacial score (nSPS) is 11.5. The Morgan fingerprint density at radius 3 is 2.26 bits per heavy atom. The van der Waals surface area contributed by atoms with Crippen molar-refractivity contribution in [1.82, 2.24) is 0 Å². The van der Waals surface area contributed by atoms with Crippen LogP contribution in [0.2, 0.25) is 10.0 Å². The minimum absolute atomic E-state index is 0.0321. The molecule has 0 spiro atoms. The summed E-state index contributed by atoms with van der Waals surface area (Å²) < 4.78 is 29.6. The number of benzene rings is 3. The Morgan fingerprint density at radius 2 is 1.65 bits per heavy atom. The highest BCUT2D eigenvalue weighted by Crippen LogP contribution is 2.25. The molecule has 0 aliphatic heterocycles. The summed E-state index contributed by atoms with van der Waals surface area (Å²) in [5.74, 6) is -0.535. The molecule has 156 valence electrons. The van der Waals surface area contributed by atoms with E-state index >= 15 is 0 Å². The second-order valence-electron chi connectivity index (χ2n) is 6.17. The Bertz CT molecular complexity index is 1280. The summed E-state index contributed by atoms with van der Waals surface area (Å²) in [4.78, 5) is 12.4. The first-order valence-corrected chi connectivity index (χ1v) is 10.9. The van der Waals surface area contributed by atoms with Gasteiger partial charge in [-0.15, -0.1) is 0 Å². The predicted molar refractivity (Wildman–Crippen MR) is 119 cm³/mol. The molecule has 0 aliphatic rings. The van der Waals surface area contributed by atoms with Crippen molar-refractivity contribution in [2.24, 2.45) is 0 Å². The molecule has 0 unspecified atom stereocenters. The fourth-order valence-corrected chi connectivity index (χ4v) is 3.72. The largest absolute Gasteiger partial charge is 0.379 e. The maximum Gasteiger partial charge on any atom is 0.339 e. The van der Waals surface area contributed by atoms with E-state index in [2.05, 4.69) is 5.32 Å². The van der Waals surface area contributed by atoms with Gasteiger partial charge in [0.25, 0.3) is 5.91 Å². The second kappa shape index (κ2) is 9.67. The Kier molecular flexibility index (Phi) is 6.98. The molecule has 3 aromatic carbocycles. The van der Waals surface area contributed by atoms with Gasteiger partial charge in [-0.1, -0.05) is 53.5 Å². The van der Waals surface area contributed by atoms with Crippen molar-refractivity contribution in [3.05, 3.63) is 94.0 Å². The Morgan fingerprint density at radius 1 is 0.968 bits per heavy atom. The van der Waals surface area contributed by atoms with E-state index in [0.717, 1.165) is 0 Å². The van der Waals surface area contributed by atoms with E-state index in [4.69, 9.17) is 27.4 Å². The molecule has 0 heterocycles. The summed E-state index contributed by atoms with van der Waals surface area (Å²) in [6, 6.07) is 20.0. The summed E-state index contributed by atoms with van der Waals surface area (Å²) in [5, 5.41) is 12.5. The molecule has 0 aliphatic carbocycles. The average molecular weight is 473 g/mol. The highest BCUT2D eigenvalue weighted by atomic mass is 35.5. The van der Waals surface area contributed by atoms with Crippen molar-refractivity contribution in [3.63, 3.8) is 0 Å². The number of nitriles is 1. The van der Waals surface area contributed by atoms with Crippen molar-refractivity contribution in [2.45, 2.75) is 4.90 Å². The van der Waals surface area contributed by atoms with E-state index in [1.807, 2.05) is 6.07 Å². The standard InChI is InChI=1S/C22H14Cl2N2O4S/c23-20-11-8-17(13-21(20)24)26-22(27)16(14-25)12-15-6-9-18(10-7-15)30-31(28,29)19-4-2-1-3-5-19/h1-13H,(H,26,27)/b16-12+. The van der Waals surface area contributed by atoms with Crippen LogP contribution in [0.25, 0.3) is 6.08 Å². The van der Waals surface area contributed by atoms with Gasteiger partial charge in [-0.2, -0.15) is 13.7 Å². The monoisotopic (exact) mass is 472 g/mol. The molecule has 31 heavy (non-hydrogen) atoms. The fraction of sp³-hybridized carbons (Fsp3) is 0. The van der Waals surface area contributed by atoms with E-state index in [1.165, 1.54) is 54.6 Å². The topological polar surface area (TPSA) is 96.3 Å². The Hall–Kier alpha value is -3.31. The number of rotatable bonds is 6. The van der Waals surface area contributed by atoms with Gasteiger partial charge in [0.05, 0.1) is 10.0 Å². The molecule has 0 bridgehead atoms. The third-order valence-corrected chi connectivity index (χ3v) is 5.97. The molecule has 0 saturated carbocycles. The third-order valence-electron chi connectivity index (χ3n) is 3.97. The summed E-state index contributed by atoms with van der Waals surface area (Å²) in [6.45, 7) is 0. The smallest absolute Gasteiger partial charge is 0.339 e. The predicted octanol–water partition coefficient (Wildman–Crippen LogP) is 5.31. The number of hydrogen-bond donors (Lipinski definition) is 1. The first kappa shape index (κ1) is 22.4. The third kappa shape index (κ3) is 5.86. The van der Waals surface area contributed by atoms with Crippen LogP contribution < -0.4 is 9.50 Å². The van der Waals surface area contributed by atoms with Gasteiger partial charge < -0.3 is 9.50 Å². The molecule has 0 aromatic heterocycles. The van der Waals surface area contributed by atoms with Crippen LogP contribution in [0.3, 0.4) is 0 Å². The van der Waals surface area contributed by atoms with Gasteiger partial charge in [0.2, 0.25) is 0 Å². The summed E-state index contributed by atoms with van der Waals surface area (Å²) in [5.41, 5.74) is 0.734. The Labute approximate surface area is 189 Å². The van der Waals surface area contributed by atoms with E-state index in [1.54, 1.807) is 24.3 Å². The lowest BCUT2D eigenvalue weighted by Crippen LogP contribution is -2.13. The SMILES string of the molecule is N#C/C(=C\c1ccc(OS(=O)(=O)c2ccccc2)cc1)C(=O)Nc1ccc(Cl)c(Cl)c1. The van der Waals surface area contributed by atoms with E-state index in [-0.39, 0.29) is 21.2 Å². The molecule has 3 aromatic rings. The molecular weight excluding hydrogens is 459 g/mol. The average Bonchev–Trinajstić information content (AvgIpc) is 2.76. The quantitative estimate of drug-likeness (QED) is 0.298. The van der Waals surface area contributed by atoms with Gasteiger partial charge in [0.15, 0.2) is 0 Å². The molecule has 0 radical (unpaired) electrons. The molecule has 9 heteroatoms. The Balaban J connectivity index is 1.74. The molecule has 3 rings (SSSR count). The van der Waals surface area contributed by atoms with Crippen LogP contribution in [-0.2, 0) is 14.9 Å². The van der Waals surface area contributed by atoms with Crippen LogP contribution in [0.4, 0.5) is 5.69 Å². The van der Waals surface area contributed by atoms with Crippen molar-refractivity contribution in [1.29, 1.82) is 5.26 Å². The number of hydrogen-bond acceptors (Lipinski definition) is 5. The number of halogens is 2. The minimum atomic E-state index is -3.96. The van der Waals surface area contributed by atoms with E-state index in [0.29, 0.717) is 16.3 Å². The number of amides is 1. The van der Waals surface area contributed by atoms with Crippen molar-refractivity contribution in [2.75, 3.05) is 5.32 Å². The van der Waals surface area contributed by atoms with E-state index in [9.17, 15) is 18.5 Å². The lowest BCUT2D eigenvalue weighted by molar-refractivity contribution is -0.112. The molecule has 0 atom stereocenters. The van der Waals surface area contributed by atoms with E-state index < -0.39 is 16.0 Å². The molecule has 0 saturated heterocycles. The first-order valence-electron chi connectivity index (χ1n) is 8.76. The van der Waals surface area contributed by atoms with Crippen LogP contribution >= 0.6 is 23.2 Å². The zero-order chi connectivity index (χ0) is 22.4. The lowest BCUT2D eigenvalue weighted by Gasteiger charge is -2.07. The van der Waals surface area contributed by atoms with Gasteiger partial charge in [0, 0.05) is 5.69 Å². The molecule has 0 fully saturated rings. The summed E-state index contributed by atoms with van der Waals surface area (Å²) in [7, 11) is -3.96. The zero-order valence-corrected chi connectivity index (χ0v) is 18.1. The van der Waals surface area contributed by atoms with Gasteiger partial charge in [0.1, 0.15) is 22.3 Å². The van der Waals surface area contributed by atoms with Crippen LogP contribution in [0.15, 0.2) is 83.3 Å². The zero-order valence-electron chi connectivity index (χ0n) is 15.7. The van der Waals surface area contributed by atoms with Crippen molar-refractivity contribution < 1.29 is 17.4 Å². The molecular formula is C22H14Cl2N2O4S. The minimum Gasteiger partial charge on any atom is -0.379 e. The van der Waals surface area contributed by atoms with Crippen LogP contribution in [0, 0.1) is 11.3 Å². The van der Waals surface area contributed by atoms with Crippen molar-refractivity contribution in [3.8, 4) is 11.8 Å². The highest BCUT2D eigenvalue weighted by Gasteiger charge is 2.16. The molecule has 1 amide bonds. The van der Waals surface area contributed by atoms with Crippen LogP contribution in [-0.4, -0.2) is 14.3 Å². The van der Waals surface area contributed by atoms with Crippen molar-refractivity contribution >= 4 is 51.0 Å². The van der Waals surface area contributed by atoms with Gasteiger partial charge in [-0.3, -0.25) is 4.79 Å². The maximum absolute atomic E-state index is 12.4. The molecule has 1 N–H and O–H groups in total.